The van der Waals surface area contributed by atoms with E-state index in [-0.39, 0.29) is 22.4 Å². The maximum absolute atomic E-state index is 11.7. The minimum absolute atomic E-state index is 0.0222. The van der Waals surface area contributed by atoms with Gasteiger partial charge in [-0.2, -0.15) is 0 Å². The van der Waals surface area contributed by atoms with Gasteiger partial charge < -0.3 is 5.32 Å². The summed E-state index contributed by atoms with van der Waals surface area (Å²) in [6.07, 6.45) is 3.01. The van der Waals surface area contributed by atoms with Crippen LogP contribution in [-0.4, -0.2) is 26.6 Å². The van der Waals surface area contributed by atoms with E-state index in [1.54, 1.807) is 24.4 Å². The van der Waals surface area contributed by atoms with E-state index in [4.69, 9.17) is 0 Å². The zero-order valence-electron chi connectivity index (χ0n) is 10.2. The highest BCUT2D eigenvalue weighted by Gasteiger charge is 2.15. The third kappa shape index (κ3) is 3.75. The number of aromatic nitrogens is 2. The molecule has 1 amide bonds. The third-order valence-electron chi connectivity index (χ3n) is 2.22. The minimum Gasteiger partial charge on any atom is -0.310 e. The first kappa shape index (κ1) is 13.9. The molecule has 102 valence electrons. The highest BCUT2D eigenvalue weighted by molar-refractivity contribution is 8.00. The fourth-order valence-electron chi connectivity index (χ4n) is 1.38. The smallest absolute Gasteiger partial charge is 0.301 e. The van der Waals surface area contributed by atoms with Crippen molar-refractivity contribution in [3.8, 4) is 0 Å². The van der Waals surface area contributed by atoms with Gasteiger partial charge in [-0.05, 0) is 18.2 Å². The fraction of sp³-hybridized carbons (Fsp3) is 0.0833. The van der Waals surface area contributed by atoms with E-state index in [1.807, 2.05) is 0 Å². The van der Waals surface area contributed by atoms with E-state index in [1.165, 1.54) is 18.3 Å². The fourth-order valence-corrected chi connectivity index (χ4v) is 2.15. The van der Waals surface area contributed by atoms with Crippen molar-refractivity contribution in [3.63, 3.8) is 0 Å². The average Bonchev–Trinajstić information content (AvgIpc) is 2.46. The molecule has 0 radical (unpaired) electrons. The van der Waals surface area contributed by atoms with Gasteiger partial charge in [0.05, 0.1) is 10.7 Å². The normalized spacial score (nSPS) is 10.0. The molecule has 0 aromatic carbocycles. The predicted molar refractivity (Wildman–Crippen MR) is 74.5 cm³/mol. The Balaban J connectivity index is 1.96. The molecule has 0 fully saturated rings. The number of hydrogen-bond donors (Lipinski definition) is 1. The van der Waals surface area contributed by atoms with Crippen LogP contribution in [0, 0.1) is 10.1 Å². The molecular formula is C12H10N4O3S. The lowest BCUT2D eigenvalue weighted by Gasteiger charge is -2.03. The number of pyridine rings is 2. The van der Waals surface area contributed by atoms with Crippen LogP contribution in [-0.2, 0) is 4.79 Å². The van der Waals surface area contributed by atoms with Crippen LogP contribution in [0.5, 0.6) is 0 Å². The summed E-state index contributed by atoms with van der Waals surface area (Å²) in [6, 6.07) is 7.98. The summed E-state index contributed by atoms with van der Waals surface area (Å²) >= 11 is 1.01. The number of hydrogen-bond acceptors (Lipinski definition) is 6. The topological polar surface area (TPSA) is 98.0 Å². The summed E-state index contributed by atoms with van der Waals surface area (Å²) in [5.74, 6) is 0.163. The molecule has 2 heterocycles. The lowest BCUT2D eigenvalue weighted by molar-refractivity contribution is -0.388. The molecule has 0 aliphatic rings. The molecule has 2 aromatic rings. The highest BCUT2D eigenvalue weighted by atomic mass is 32.2. The Labute approximate surface area is 118 Å². The zero-order valence-corrected chi connectivity index (χ0v) is 11.0. The number of carbonyl (C=O) groups excluding carboxylic acids is 1. The second kappa shape index (κ2) is 6.62. The number of thioether (sulfide) groups is 1. The molecule has 8 heteroatoms. The molecule has 0 aliphatic heterocycles. The summed E-state index contributed by atoms with van der Waals surface area (Å²) in [6.45, 7) is 0. The number of rotatable bonds is 5. The van der Waals surface area contributed by atoms with E-state index in [0.717, 1.165) is 11.8 Å². The maximum atomic E-state index is 11.7. The molecule has 20 heavy (non-hydrogen) atoms. The first-order chi connectivity index (χ1) is 9.66. The van der Waals surface area contributed by atoms with Crippen LogP contribution in [0.3, 0.4) is 0 Å². The van der Waals surface area contributed by atoms with Gasteiger partial charge in [-0.3, -0.25) is 14.9 Å². The molecule has 2 rings (SSSR count). The quantitative estimate of drug-likeness (QED) is 0.514. The molecule has 2 aromatic heterocycles. The van der Waals surface area contributed by atoms with Crippen molar-refractivity contribution in [2.75, 3.05) is 11.1 Å². The Kier molecular flexibility index (Phi) is 4.61. The number of carbonyl (C=O) groups is 1. The van der Waals surface area contributed by atoms with Crippen molar-refractivity contribution in [1.82, 2.24) is 9.97 Å². The van der Waals surface area contributed by atoms with E-state index >= 15 is 0 Å². The van der Waals surface area contributed by atoms with Crippen LogP contribution >= 0.6 is 11.8 Å². The first-order valence-electron chi connectivity index (χ1n) is 5.60. The van der Waals surface area contributed by atoms with Gasteiger partial charge in [0.15, 0.2) is 5.03 Å². The van der Waals surface area contributed by atoms with Gasteiger partial charge in [0.25, 0.3) is 0 Å². The molecule has 0 unspecified atom stereocenters. The second-order valence-corrected chi connectivity index (χ2v) is 4.60. The van der Waals surface area contributed by atoms with Crippen LogP contribution in [0.4, 0.5) is 11.5 Å². The average molecular weight is 290 g/mol. The standard InChI is InChI=1S/C12H10N4O3S/c17-11(15-10-5-1-2-6-13-10)8-20-12-9(16(18)19)4-3-7-14-12/h1-7H,8H2,(H,13,15,17). The largest absolute Gasteiger partial charge is 0.310 e. The number of nitrogens with one attached hydrogen (secondary N) is 1. The van der Waals surface area contributed by atoms with Gasteiger partial charge in [-0.25, -0.2) is 9.97 Å². The van der Waals surface area contributed by atoms with Gasteiger partial charge in [0.2, 0.25) is 5.91 Å². The predicted octanol–water partition coefficient (Wildman–Crippen LogP) is 2.12. The summed E-state index contributed by atoms with van der Waals surface area (Å²) in [5, 5.41) is 13.6. The van der Waals surface area contributed by atoms with Gasteiger partial charge in [0, 0.05) is 18.5 Å². The van der Waals surface area contributed by atoms with E-state index < -0.39 is 4.92 Å². The van der Waals surface area contributed by atoms with Crippen LogP contribution in [0.2, 0.25) is 0 Å². The van der Waals surface area contributed by atoms with Gasteiger partial charge in [0.1, 0.15) is 5.82 Å². The van der Waals surface area contributed by atoms with Crippen molar-refractivity contribution in [3.05, 3.63) is 52.8 Å². The van der Waals surface area contributed by atoms with Crippen LogP contribution in [0.1, 0.15) is 0 Å². The molecular weight excluding hydrogens is 280 g/mol. The first-order valence-corrected chi connectivity index (χ1v) is 6.58. The Hall–Kier alpha value is -2.48. The number of anilines is 1. The lowest BCUT2D eigenvalue weighted by atomic mass is 10.4. The Morgan fingerprint density at radius 3 is 2.75 bits per heavy atom. The van der Waals surface area contributed by atoms with Crippen molar-refractivity contribution in [2.24, 2.45) is 0 Å². The maximum Gasteiger partial charge on any atom is 0.301 e. The third-order valence-corrected chi connectivity index (χ3v) is 3.21. The van der Waals surface area contributed by atoms with Crippen molar-refractivity contribution in [1.29, 1.82) is 0 Å². The monoisotopic (exact) mass is 290 g/mol. The molecule has 1 N–H and O–H groups in total. The molecule has 0 aliphatic carbocycles. The molecule has 0 atom stereocenters. The molecule has 0 saturated carbocycles. The van der Waals surface area contributed by atoms with Gasteiger partial charge in [-0.1, -0.05) is 17.8 Å². The SMILES string of the molecule is O=C(CSc1ncccc1[N+](=O)[O-])Nc1ccccn1. The van der Waals surface area contributed by atoms with E-state index in [2.05, 4.69) is 15.3 Å². The highest BCUT2D eigenvalue weighted by Crippen LogP contribution is 2.25. The second-order valence-electron chi connectivity index (χ2n) is 3.64. The summed E-state index contributed by atoms with van der Waals surface area (Å²) in [5.41, 5.74) is -0.108. The molecule has 7 nitrogen and oxygen atoms in total. The Bertz CT molecular complexity index is 621. The minimum atomic E-state index is -0.522. The zero-order chi connectivity index (χ0) is 14.4. The van der Waals surface area contributed by atoms with Crippen molar-refractivity contribution < 1.29 is 9.72 Å². The lowest BCUT2D eigenvalue weighted by Crippen LogP contribution is -2.15. The molecule has 0 saturated heterocycles. The van der Waals surface area contributed by atoms with Crippen LogP contribution < -0.4 is 5.32 Å². The van der Waals surface area contributed by atoms with Crippen molar-refractivity contribution >= 4 is 29.2 Å². The Morgan fingerprint density at radius 1 is 1.25 bits per heavy atom. The summed E-state index contributed by atoms with van der Waals surface area (Å²) < 4.78 is 0. The van der Waals surface area contributed by atoms with Crippen LogP contribution in [0.25, 0.3) is 0 Å². The van der Waals surface area contributed by atoms with E-state index in [0.29, 0.717) is 5.82 Å². The van der Waals surface area contributed by atoms with Gasteiger partial charge in [-0.15, -0.1) is 0 Å². The van der Waals surface area contributed by atoms with Crippen molar-refractivity contribution in [2.45, 2.75) is 5.03 Å². The van der Waals surface area contributed by atoms with Gasteiger partial charge >= 0.3 is 5.69 Å². The number of nitrogens with zero attached hydrogens (tertiary/aromatic N) is 3. The molecule has 0 spiro atoms. The van der Waals surface area contributed by atoms with E-state index in [9.17, 15) is 14.9 Å². The number of nitro groups is 1. The summed E-state index contributed by atoms with van der Waals surface area (Å²) in [4.78, 5) is 29.8. The Morgan fingerprint density at radius 2 is 2.05 bits per heavy atom. The van der Waals surface area contributed by atoms with Crippen LogP contribution in [0.15, 0.2) is 47.8 Å². The molecule has 0 bridgehead atoms. The number of amides is 1. The summed E-state index contributed by atoms with van der Waals surface area (Å²) in [7, 11) is 0.